The smallest absolute Gasteiger partial charge is 0.337 e. The Kier molecular flexibility index (Phi) is 4.44. The van der Waals surface area contributed by atoms with Crippen LogP contribution in [0.2, 0.25) is 0 Å². The maximum atomic E-state index is 13.0. The van der Waals surface area contributed by atoms with E-state index in [0.29, 0.717) is 17.7 Å². The third-order valence-electron chi connectivity index (χ3n) is 4.71. The first-order chi connectivity index (χ1) is 12.4. The van der Waals surface area contributed by atoms with Crippen LogP contribution in [0.3, 0.4) is 0 Å². The van der Waals surface area contributed by atoms with Gasteiger partial charge in [0, 0.05) is 31.2 Å². The summed E-state index contributed by atoms with van der Waals surface area (Å²) < 4.78 is 39.9. The number of fused-ring (bicyclic) bond motifs is 1. The van der Waals surface area contributed by atoms with Crippen LogP contribution in [0, 0.1) is 5.92 Å². The van der Waals surface area contributed by atoms with Crippen molar-refractivity contribution in [3.8, 4) is 0 Å². The molecule has 27 heavy (non-hydrogen) atoms. The van der Waals surface area contributed by atoms with Crippen molar-refractivity contribution in [2.45, 2.75) is 38.9 Å². The van der Waals surface area contributed by atoms with Gasteiger partial charge in [-0.1, -0.05) is 0 Å². The third-order valence-corrected chi connectivity index (χ3v) is 4.71. The van der Waals surface area contributed by atoms with E-state index in [2.05, 4.69) is 10.3 Å². The van der Waals surface area contributed by atoms with Gasteiger partial charge in [0.1, 0.15) is 0 Å². The number of aromatic nitrogens is 2. The number of alkyl halides is 3. The van der Waals surface area contributed by atoms with Crippen LogP contribution in [0.4, 0.5) is 18.9 Å². The normalized spacial score (nSPS) is 18.4. The fourth-order valence-electron chi connectivity index (χ4n) is 3.31. The molecule has 146 valence electrons. The van der Waals surface area contributed by atoms with Gasteiger partial charge >= 0.3 is 6.18 Å². The van der Waals surface area contributed by atoms with Gasteiger partial charge in [-0.3, -0.25) is 9.59 Å². The molecule has 2 heterocycles. The fraction of sp³-hybridized carbons (Fsp3) is 0.500. The van der Waals surface area contributed by atoms with Gasteiger partial charge in [-0.15, -0.1) is 0 Å². The molecule has 0 bridgehead atoms. The van der Waals surface area contributed by atoms with E-state index in [9.17, 15) is 22.8 Å². The number of imidazole rings is 1. The van der Waals surface area contributed by atoms with E-state index in [1.807, 2.05) is 20.8 Å². The Balaban J connectivity index is 1.79. The van der Waals surface area contributed by atoms with Gasteiger partial charge in [0.15, 0.2) is 0 Å². The molecule has 1 aromatic heterocycles. The van der Waals surface area contributed by atoms with Crippen molar-refractivity contribution in [2.24, 2.45) is 13.0 Å². The summed E-state index contributed by atoms with van der Waals surface area (Å²) in [5.41, 5.74) is 0.435. The van der Waals surface area contributed by atoms with Crippen molar-refractivity contribution in [2.75, 3.05) is 11.9 Å². The molecular formula is C18H21F3N4O2. The highest BCUT2D eigenvalue weighted by Gasteiger charge is 2.39. The average Bonchev–Trinajstić information content (AvgIpc) is 3.07. The predicted octanol–water partition coefficient (Wildman–Crippen LogP) is 3.18. The SMILES string of the molecule is Cn1c(C(F)(F)F)nc2cc(NC(=O)[C@@H]3CC(=O)N(C(C)(C)C)C3)ccc21. The van der Waals surface area contributed by atoms with Crippen molar-refractivity contribution in [3.05, 3.63) is 24.0 Å². The van der Waals surface area contributed by atoms with Gasteiger partial charge in [-0.05, 0) is 39.0 Å². The zero-order valence-electron chi connectivity index (χ0n) is 15.5. The third kappa shape index (κ3) is 3.63. The number of carbonyl (C=O) groups excluding carboxylic acids is 2. The first kappa shape index (κ1) is 19.2. The van der Waals surface area contributed by atoms with Crippen LogP contribution in [0.25, 0.3) is 11.0 Å². The van der Waals surface area contributed by atoms with Gasteiger partial charge < -0.3 is 14.8 Å². The predicted molar refractivity (Wildman–Crippen MR) is 93.9 cm³/mol. The molecule has 1 saturated heterocycles. The maximum absolute atomic E-state index is 13.0. The highest BCUT2D eigenvalue weighted by Crippen LogP contribution is 2.32. The highest BCUT2D eigenvalue weighted by molar-refractivity contribution is 5.98. The Bertz CT molecular complexity index is 912. The summed E-state index contributed by atoms with van der Waals surface area (Å²) in [6.45, 7) is 6.02. The lowest BCUT2D eigenvalue weighted by Crippen LogP contribution is -2.42. The molecule has 0 spiro atoms. The summed E-state index contributed by atoms with van der Waals surface area (Å²) in [4.78, 5) is 29.9. The van der Waals surface area contributed by atoms with Crippen molar-refractivity contribution in [1.29, 1.82) is 0 Å². The summed E-state index contributed by atoms with van der Waals surface area (Å²) in [5, 5.41) is 2.69. The molecule has 1 N–H and O–H groups in total. The Morgan fingerprint density at radius 2 is 1.93 bits per heavy atom. The van der Waals surface area contributed by atoms with Gasteiger partial charge in [-0.2, -0.15) is 13.2 Å². The number of likely N-dealkylation sites (tertiary alicyclic amines) is 1. The molecule has 6 nitrogen and oxygen atoms in total. The average molecular weight is 382 g/mol. The Morgan fingerprint density at radius 1 is 1.26 bits per heavy atom. The number of rotatable bonds is 2. The molecule has 1 aliphatic rings. The zero-order chi connectivity index (χ0) is 20.1. The first-order valence-corrected chi connectivity index (χ1v) is 8.53. The van der Waals surface area contributed by atoms with Crippen LogP contribution in [-0.2, 0) is 22.8 Å². The summed E-state index contributed by atoms with van der Waals surface area (Å²) in [5.74, 6) is -1.91. The van der Waals surface area contributed by atoms with E-state index < -0.39 is 17.9 Å². The molecule has 0 aliphatic carbocycles. The summed E-state index contributed by atoms with van der Waals surface area (Å²) >= 11 is 0. The minimum atomic E-state index is -4.56. The number of nitrogens with zero attached hydrogens (tertiary/aromatic N) is 3. The van der Waals surface area contributed by atoms with Crippen LogP contribution in [0.15, 0.2) is 18.2 Å². The monoisotopic (exact) mass is 382 g/mol. The fourth-order valence-corrected chi connectivity index (χ4v) is 3.31. The summed E-state index contributed by atoms with van der Waals surface area (Å²) in [7, 11) is 1.29. The number of nitrogens with one attached hydrogen (secondary N) is 1. The molecule has 3 rings (SSSR count). The number of halogens is 3. The second-order valence-corrected chi connectivity index (χ2v) is 7.76. The Hall–Kier alpha value is -2.58. The van der Waals surface area contributed by atoms with Crippen LogP contribution in [0.5, 0.6) is 0 Å². The minimum Gasteiger partial charge on any atom is -0.337 e. The van der Waals surface area contributed by atoms with E-state index >= 15 is 0 Å². The molecule has 2 aromatic rings. The second-order valence-electron chi connectivity index (χ2n) is 7.76. The number of carbonyl (C=O) groups is 2. The zero-order valence-corrected chi connectivity index (χ0v) is 15.5. The first-order valence-electron chi connectivity index (χ1n) is 8.53. The lowest BCUT2D eigenvalue weighted by atomic mass is 10.1. The number of hydrogen-bond acceptors (Lipinski definition) is 3. The number of benzene rings is 1. The van der Waals surface area contributed by atoms with Crippen LogP contribution in [-0.4, -0.2) is 38.3 Å². The molecule has 0 unspecified atom stereocenters. The number of amides is 2. The van der Waals surface area contributed by atoms with Crippen molar-refractivity contribution in [1.82, 2.24) is 14.5 Å². The van der Waals surface area contributed by atoms with E-state index in [1.165, 1.54) is 25.2 Å². The standard InChI is InChI=1S/C18H21F3N4O2/c1-17(2,3)25-9-10(7-14(25)26)15(27)22-11-5-6-13-12(8-11)23-16(24(13)4)18(19,20)21/h5-6,8,10H,7,9H2,1-4H3,(H,22,27)/t10-/m1/s1. The molecule has 1 aromatic carbocycles. The molecule has 0 radical (unpaired) electrons. The lowest BCUT2D eigenvalue weighted by molar-refractivity contribution is -0.146. The highest BCUT2D eigenvalue weighted by atomic mass is 19.4. The van der Waals surface area contributed by atoms with Gasteiger partial charge in [0.2, 0.25) is 17.6 Å². The topological polar surface area (TPSA) is 67.2 Å². The summed E-state index contributed by atoms with van der Waals surface area (Å²) in [6.07, 6.45) is -4.44. The molecule has 0 saturated carbocycles. The van der Waals surface area contributed by atoms with Crippen LogP contribution < -0.4 is 5.32 Å². The molecule has 1 fully saturated rings. The lowest BCUT2D eigenvalue weighted by Gasteiger charge is -2.31. The van der Waals surface area contributed by atoms with Gasteiger partial charge in [-0.25, -0.2) is 4.98 Å². The van der Waals surface area contributed by atoms with Crippen molar-refractivity contribution in [3.63, 3.8) is 0 Å². The number of anilines is 1. The molecular weight excluding hydrogens is 361 g/mol. The van der Waals surface area contributed by atoms with Crippen LogP contribution in [0.1, 0.15) is 33.0 Å². The van der Waals surface area contributed by atoms with Gasteiger partial charge in [0.25, 0.3) is 0 Å². The quantitative estimate of drug-likeness (QED) is 0.868. The number of hydrogen-bond donors (Lipinski definition) is 1. The van der Waals surface area contributed by atoms with Crippen molar-refractivity contribution < 1.29 is 22.8 Å². The van der Waals surface area contributed by atoms with E-state index in [0.717, 1.165) is 4.57 Å². The maximum Gasteiger partial charge on any atom is 0.449 e. The Morgan fingerprint density at radius 3 is 2.48 bits per heavy atom. The van der Waals surface area contributed by atoms with Crippen molar-refractivity contribution >= 4 is 28.5 Å². The second kappa shape index (κ2) is 6.24. The van der Waals surface area contributed by atoms with Crippen LogP contribution >= 0.6 is 0 Å². The van der Waals surface area contributed by atoms with E-state index in [-0.39, 0.29) is 29.3 Å². The van der Waals surface area contributed by atoms with E-state index in [1.54, 1.807) is 4.90 Å². The molecule has 1 atom stereocenters. The largest absolute Gasteiger partial charge is 0.449 e. The Labute approximate surface area is 154 Å². The molecule has 1 aliphatic heterocycles. The molecule has 2 amide bonds. The summed E-state index contributed by atoms with van der Waals surface area (Å²) in [6, 6.07) is 4.41. The van der Waals surface area contributed by atoms with E-state index in [4.69, 9.17) is 0 Å². The number of aryl methyl sites for hydroxylation is 1. The molecule has 9 heteroatoms. The minimum absolute atomic E-state index is 0.0855. The van der Waals surface area contributed by atoms with Gasteiger partial charge in [0.05, 0.1) is 17.0 Å².